The molecule has 0 fully saturated rings. The van der Waals surface area contributed by atoms with Crippen molar-refractivity contribution in [3.8, 4) is 11.3 Å². The highest BCUT2D eigenvalue weighted by Gasteiger charge is 2.01. The largest absolute Gasteiger partial charge is 0.330 e. The molecule has 96 valence electrons. The molecule has 0 amide bonds. The highest BCUT2D eigenvalue weighted by Crippen LogP contribution is 2.21. The van der Waals surface area contributed by atoms with Gasteiger partial charge >= 0.3 is 0 Å². The third kappa shape index (κ3) is 4.40. The van der Waals surface area contributed by atoms with Crippen LogP contribution in [-0.2, 0) is 0 Å². The zero-order valence-electron chi connectivity index (χ0n) is 9.95. The first-order chi connectivity index (χ1) is 8.40. The quantitative estimate of drug-likeness (QED) is 0.521. The minimum Gasteiger partial charge on any atom is -0.330 e. The summed E-state index contributed by atoms with van der Waals surface area (Å²) in [6, 6.07) is 12.2. The van der Waals surface area contributed by atoms with Gasteiger partial charge in [-0.2, -0.15) is 0 Å². The summed E-state index contributed by atoms with van der Waals surface area (Å²) in [6.07, 6.45) is 2.63. The molecule has 0 bridgehead atoms. The molecule has 0 atom stereocenters. The van der Waals surface area contributed by atoms with E-state index in [1.54, 1.807) is 18.1 Å². The second kappa shape index (κ2) is 8.24. The van der Waals surface area contributed by atoms with Gasteiger partial charge in [-0.15, -0.1) is 28.7 Å². The number of benzene rings is 1. The summed E-state index contributed by atoms with van der Waals surface area (Å²) in [5.74, 6) is 1.00. The van der Waals surface area contributed by atoms with Crippen LogP contribution in [0.3, 0.4) is 0 Å². The van der Waals surface area contributed by atoms with Crippen molar-refractivity contribution in [1.29, 1.82) is 0 Å². The lowest BCUT2D eigenvalue weighted by molar-refractivity contribution is 0.939. The first kappa shape index (κ1) is 15.1. The summed E-state index contributed by atoms with van der Waals surface area (Å²) in [6.45, 7) is 0.726. The van der Waals surface area contributed by atoms with E-state index in [1.807, 2.05) is 24.3 Å². The molecule has 0 aliphatic rings. The van der Waals surface area contributed by atoms with Crippen molar-refractivity contribution in [1.82, 2.24) is 9.97 Å². The minimum absolute atomic E-state index is 0. The number of nitrogens with zero attached hydrogens (tertiary/aromatic N) is 2. The molecular formula is C13H16BrN3S. The Morgan fingerprint density at radius 3 is 2.61 bits per heavy atom. The van der Waals surface area contributed by atoms with E-state index in [0.717, 1.165) is 35.0 Å². The molecular weight excluding hydrogens is 310 g/mol. The van der Waals surface area contributed by atoms with E-state index >= 15 is 0 Å². The van der Waals surface area contributed by atoms with Crippen molar-refractivity contribution in [3.63, 3.8) is 0 Å². The van der Waals surface area contributed by atoms with Crippen molar-refractivity contribution < 1.29 is 0 Å². The Morgan fingerprint density at radius 1 is 1.11 bits per heavy atom. The summed E-state index contributed by atoms with van der Waals surface area (Å²) in [4.78, 5) is 8.54. The highest BCUT2D eigenvalue weighted by atomic mass is 79.9. The monoisotopic (exact) mass is 325 g/mol. The Hall–Kier alpha value is -0.910. The molecule has 0 saturated heterocycles. The van der Waals surface area contributed by atoms with E-state index < -0.39 is 0 Å². The second-order valence-corrected chi connectivity index (χ2v) is 4.71. The average molecular weight is 326 g/mol. The van der Waals surface area contributed by atoms with Crippen LogP contribution in [-0.4, -0.2) is 22.3 Å². The lowest BCUT2D eigenvalue weighted by Gasteiger charge is -2.03. The number of thioether (sulfide) groups is 1. The van der Waals surface area contributed by atoms with Gasteiger partial charge in [0.2, 0.25) is 0 Å². The highest BCUT2D eigenvalue weighted by molar-refractivity contribution is 8.93. The van der Waals surface area contributed by atoms with E-state index in [9.17, 15) is 0 Å². The van der Waals surface area contributed by atoms with Crippen LogP contribution in [0.2, 0.25) is 0 Å². The average Bonchev–Trinajstić information content (AvgIpc) is 2.41. The van der Waals surface area contributed by atoms with Crippen molar-refractivity contribution >= 4 is 28.7 Å². The number of rotatable bonds is 5. The third-order valence-electron chi connectivity index (χ3n) is 2.31. The standard InChI is InChI=1S/C13H15N3S.BrH/c14-7-4-8-17-13-9-12(15-10-16-13)11-5-2-1-3-6-11;/h1-3,5-6,9-10H,4,7-8,14H2;1H. The van der Waals surface area contributed by atoms with Crippen LogP contribution in [0.15, 0.2) is 47.8 Å². The van der Waals surface area contributed by atoms with E-state index in [-0.39, 0.29) is 17.0 Å². The number of halogens is 1. The van der Waals surface area contributed by atoms with Gasteiger partial charge in [-0.3, -0.25) is 0 Å². The van der Waals surface area contributed by atoms with Crippen molar-refractivity contribution in [2.75, 3.05) is 12.3 Å². The second-order valence-electron chi connectivity index (χ2n) is 3.60. The third-order valence-corrected chi connectivity index (χ3v) is 3.32. The predicted molar refractivity (Wildman–Crippen MR) is 82.2 cm³/mol. The van der Waals surface area contributed by atoms with Crippen LogP contribution >= 0.6 is 28.7 Å². The predicted octanol–water partition coefficient (Wildman–Crippen LogP) is 3.16. The first-order valence-corrected chi connectivity index (χ1v) is 6.59. The van der Waals surface area contributed by atoms with Gasteiger partial charge in [-0.1, -0.05) is 30.3 Å². The Bertz CT molecular complexity index is 465. The summed E-state index contributed by atoms with van der Waals surface area (Å²) in [7, 11) is 0. The molecule has 3 nitrogen and oxygen atoms in total. The normalized spacial score (nSPS) is 9.83. The van der Waals surface area contributed by atoms with Crippen molar-refractivity contribution in [3.05, 3.63) is 42.7 Å². The Labute approximate surface area is 122 Å². The van der Waals surface area contributed by atoms with Gasteiger partial charge in [0.05, 0.1) is 10.7 Å². The summed E-state index contributed by atoms with van der Waals surface area (Å²) >= 11 is 1.72. The number of aromatic nitrogens is 2. The fourth-order valence-corrected chi connectivity index (χ4v) is 2.28. The van der Waals surface area contributed by atoms with Crippen molar-refractivity contribution in [2.45, 2.75) is 11.4 Å². The van der Waals surface area contributed by atoms with Crippen LogP contribution in [0.5, 0.6) is 0 Å². The Balaban J connectivity index is 0.00000162. The molecule has 2 N–H and O–H groups in total. The van der Waals surface area contributed by atoms with Crippen molar-refractivity contribution in [2.24, 2.45) is 5.73 Å². The first-order valence-electron chi connectivity index (χ1n) is 5.60. The zero-order chi connectivity index (χ0) is 11.9. The molecule has 0 radical (unpaired) electrons. The lowest BCUT2D eigenvalue weighted by atomic mass is 10.1. The maximum Gasteiger partial charge on any atom is 0.117 e. The van der Waals surface area contributed by atoms with E-state index in [2.05, 4.69) is 22.1 Å². The molecule has 2 rings (SSSR count). The van der Waals surface area contributed by atoms with Crippen LogP contribution in [0.1, 0.15) is 6.42 Å². The molecule has 18 heavy (non-hydrogen) atoms. The molecule has 0 aliphatic carbocycles. The van der Waals surface area contributed by atoms with Crippen LogP contribution in [0.25, 0.3) is 11.3 Å². The summed E-state index contributed by atoms with van der Waals surface area (Å²) < 4.78 is 0. The number of hydrogen-bond donors (Lipinski definition) is 1. The minimum atomic E-state index is 0. The summed E-state index contributed by atoms with van der Waals surface area (Å²) in [5, 5.41) is 1.01. The molecule has 0 saturated carbocycles. The molecule has 1 aromatic heterocycles. The lowest BCUT2D eigenvalue weighted by Crippen LogP contribution is -1.99. The molecule has 5 heteroatoms. The van der Waals surface area contributed by atoms with Crippen LogP contribution in [0.4, 0.5) is 0 Å². The Morgan fingerprint density at radius 2 is 1.89 bits per heavy atom. The maximum absolute atomic E-state index is 5.47. The molecule has 1 aromatic carbocycles. The van der Waals surface area contributed by atoms with Gasteiger partial charge < -0.3 is 5.73 Å². The van der Waals surface area contributed by atoms with Gasteiger partial charge in [0, 0.05) is 11.3 Å². The van der Waals surface area contributed by atoms with Crippen LogP contribution in [0, 0.1) is 0 Å². The molecule has 0 unspecified atom stereocenters. The zero-order valence-corrected chi connectivity index (χ0v) is 12.5. The Kier molecular flexibility index (Phi) is 6.93. The smallest absolute Gasteiger partial charge is 0.117 e. The number of hydrogen-bond acceptors (Lipinski definition) is 4. The van der Waals surface area contributed by atoms with Gasteiger partial charge in [-0.25, -0.2) is 9.97 Å². The molecule has 2 aromatic rings. The fourth-order valence-electron chi connectivity index (χ4n) is 1.45. The number of nitrogens with two attached hydrogens (primary N) is 1. The fraction of sp³-hybridized carbons (Fsp3) is 0.231. The topological polar surface area (TPSA) is 51.8 Å². The van der Waals surface area contributed by atoms with Gasteiger partial charge in [0.25, 0.3) is 0 Å². The SMILES string of the molecule is Br.NCCCSc1cc(-c2ccccc2)ncn1. The molecule has 1 heterocycles. The van der Waals surface area contributed by atoms with E-state index in [4.69, 9.17) is 5.73 Å². The van der Waals surface area contributed by atoms with E-state index in [0.29, 0.717) is 0 Å². The summed E-state index contributed by atoms with van der Waals surface area (Å²) in [5.41, 5.74) is 7.56. The van der Waals surface area contributed by atoms with E-state index in [1.165, 1.54) is 0 Å². The maximum atomic E-state index is 5.47. The van der Waals surface area contributed by atoms with Gasteiger partial charge in [0.1, 0.15) is 6.33 Å². The molecule has 0 spiro atoms. The van der Waals surface area contributed by atoms with Crippen LogP contribution < -0.4 is 5.73 Å². The van der Waals surface area contributed by atoms with Gasteiger partial charge in [-0.05, 0) is 19.0 Å². The molecule has 0 aliphatic heterocycles. The van der Waals surface area contributed by atoms with Gasteiger partial charge in [0.15, 0.2) is 0 Å².